The van der Waals surface area contributed by atoms with Gasteiger partial charge < -0.3 is 0 Å². The molecule has 2 aromatic rings. The van der Waals surface area contributed by atoms with Crippen LogP contribution < -0.4 is 0 Å². The highest BCUT2D eigenvalue weighted by Gasteiger charge is 2.44. The number of aryl methyl sites for hydroxylation is 1. The highest BCUT2D eigenvalue weighted by Crippen LogP contribution is 2.42. The number of thioether (sulfide) groups is 1. The molecule has 7 heteroatoms. The van der Waals surface area contributed by atoms with Crippen molar-refractivity contribution in [1.82, 2.24) is 19.7 Å². The molecule has 3 heterocycles. The molecule has 5 nitrogen and oxygen atoms in total. The van der Waals surface area contributed by atoms with Crippen molar-refractivity contribution in [3.05, 3.63) is 41.5 Å². The van der Waals surface area contributed by atoms with Gasteiger partial charge in [0.05, 0.1) is 6.04 Å². The quantitative estimate of drug-likeness (QED) is 0.852. The van der Waals surface area contributed by atoms with Crippen molar-refractivity contribution in [2.24, 2.45) is 0 Å². The van der Waals surface area contributed by atoms with Gasteiger partial charge in [0, 0.05) is 12.0 Å². The molecular weight excluding hydrogens is 327 g/mol. The Morgan fingerprint density at radius 1 is 1.33 bits per heavy atom. The monoisotopic (exact) mass is 346 g/mol. The molecule has 0 spiro atoms. The fourth-order valence-corrected chi connectivity index (χ4v) is 4.74. The highest BCUT2D eigenvalue weighted by atomic mass is 32.2. The lowest BCUT2D eigenvalue weighted by atomic mass is 10.0. The van der Waals surface area contributed by atoms with Crippen molar-refractivity contribution in [1.29, 1.82) is 0 Å². The van der Waals surface area contributed by atoms with E-state index >= 15 is 0 Å². The molecular formula is C17H19FN4OS. The van der Waals surface area contributed by atoms with Gasteiger partial charge in [-0.25, -0.2) is 9.37 Å². The first kappa shape index (κ1) is 15.8. The SMILES string of the molecule is CCc1nc2n(n1)C(=O)C(C(c1ccccc1F)N1CCCC1)S2. The summed E-state index contributed by atoms with van der Waals surface area (Å²) in [4.78, 5) is 19.5. The Labute approximate surface area is 144 Å². The summed E-state index contributed by atoms with van der Waals surface area (Å²) in [5.74, 6) is 0.324. The van der Waals surface area contributed by atoms with Gasteiger partial charge in [-0.2, -0.15) is 4.68 Å². The minimum absolute atomic E-state index is 0.0950. The lowest BCUT2D eigenvalue weighted by molar-refractivity contribution is 0.0846. The molecule has 2 aliphatic rings. The molecule has 0 bridgehead atoms. The van der Waals surface area contributed by atoms with Crippen LogP contribution in [0.15, 0.2) is 29.4 Å². The molecule has 0 N–H and O–H groups in total. The first-order valence-electron chi connectivity index (χ1n) is 8.34. The summed E-state index contributed by atoms with van der Waals surface area (Å²) in [5, 5.41) is 4.51. The van der Waals surface area contributed by atoms with E-state index in [1.54, 1.807) is 12.1 Å². The first-order valence-corrected chi connectivity index (χ1v) is 9.22. The summed E-state index contributed by atoms with van der Waals surface area (Å²) in [6.07, 6.45) is 2.86. The summed E-state index contributed by atoms with van der Waals surface area (Å²) in [5.41, 5.74) is 0.590. The molecule has 2 aliphatic heterocycles. The third-order valence-electron chi connectivity index (χ3n) is 4.67. The van der Waals surface area contributed by atoms with E-state index in [2.05, 4.69) is 15.0 Å². The number of aromatic nitrogens is 3. The number of rotatable bonds is 4. The lowest BCUT2D eigenvalue weighted by Gasteiger charge is -2.31. The van der Waals surface area contributed by atoms with Crippen LogP contribution in [-0.2, 0) is 6.42 Å². The summed E-state index contributed by atoms with van der Waals surface area (Å²) in [6, 6.07) is 6.49. The molecule has 2 unspecified atom stereocenters. The van der Waals surface area contributed by atoms with Crippen LogP contribution in [0.25, 0.3) is 0 Å². The topological polar surface area (TPSA) is 51.0 Å². The molecule has 2 atom stereocenters. The van der Waals surface area contributed by atoms with Gasteiger partial charge in [-0.3, -0.25) is 9.69 Å². The Bertz CT molecular complexity index is 772. The van der Waals surface area contributed by atoms with Crippen molar-refractivity contribution in [3.63, 3.8) is 0 Å². The van der Waals surface area contributed by atoms with E-state index in [-0.39, 0.29) is 17.8 Å². The fourth-order valence-electron chi connectivity index (χ4n) is 3.48. The fraction of sp³-hybridized carbons (Fsp3) is 0.471. The predicted molar refractivity (Wildman–Crippen MR) is 89.6 cm³/mol. The van der Waals surface area contributed by atoms with Gasteiger partial charge in [-0.05, 0) is 32.0 Å². The second kappa shape index (κ2) is 6.29. The number of hydrogen-bond acceptors (Lipinski definition) is 5. The van der Waals surface area contributed by atoms with Crippen LogP contribution in [-0.4, -0.2) is 43.9 Å². The van der Waals surface area contributed by atoms with E-state index in [9.17, 15) is 9.18 Å². The van der Waals surface area contributed by atoms with Gasteiger partial charge in [0.25, 0.3) is 5.91 Å². The van der Waals surface area contributed by atoms with Gasteiger partial charge in [0.15, 0.2) is 11.0 Å². The van der Waals surface area contributed by atoms with Gasteiger partial charge in [0.1, 0.15) is 11.1 Å². The average Bonchev–Trinajstić information content (AvgIpc) is 3.29. The molecule has 1 aromatic carbocycles. The number of likely N-dealkylation sites (tertiary alicyclic amines) is 1. The molecule has 4 rings (SSSR count). The summed E-state index contributed by atoms with van der Waals surface area (Å²) >= 11 is 1.41. The molecule has 0 amide bonds. The van der Waals surface area contributed by atoms with E-state index in [0.29, 0.717) is 23.0 Å². The van der Waals surface area contributed by atoms with Crippen molar-refractivity contribution in [3.8, 4) is 0 Å². The molecule has 0 radical (unpaired) electrons. The van der Waals surface area contributed by atoms with Crippen molar-refractivity contribution in [2.75, 3.05) is 13.1 Å². The van der Waals surface area contributed by atoms with Gasteiger partial charge >= 0.3 is 0 Å². The van der Waals surface area contributed by atoms with E-state index in [4.69, 9.17) is 0 Å². The number of hydrogen-bond donors (Lipinski definition) is 0. The zero-order valence-electron chi connectivity index (χ0n) is 13.5. The minimum atomic E-state index is -0.402. The summed E-state index contributed by atoms with van der Waals surface area (Å²) < 4.78 is 15.9. The van der Waals surface area contributed by atoms with Crippen LogP contribution in [0, 0.1) is 5.82 Å². The molecule has 126 valence electrons. The third kappa shape index (κ3) is 2.56. The van der Waals surface area contributed by atoms with Crippen LogP contribution in [0.3, 0.4) is 0 Å². The standard InChI is InChI=1S/C17H19FN4OS/c1-2-13-19-17-22(20-13)16(23)15(24-17)14(21-9-5-6-10-21)11-7-3-4-8-12(11)18/h3-4,7-8,14-15H,2,5-6,9-10H2,1H3. The molecule has 0 aliphatic carbocycles. The number of nitrogens with zero attached hydrogens (tertiary/aromatic N) is 4. The molecule has 0 saturated carbocycles. The predicted octanol–water partition coefficient (Wildman–Crippen LogP) is 2.93. The largest absolute Gasteiger partial charge is 0.295 e. The maximum Gasteiger partial charge on any atom is 0.264 e. The first-order chi connectivity index (χ1) is 11.7. The second-order valence-corrected chi connectivity index (χ2v) is 7.27. The van der Waals surface area contributed by atoms with Gasteiger partial charge in [-0.15, -0.1) is 5.10 Å². The van der Waals surface area contributed by atoms with Crippen LogP contribution >= 0.6 is 11.8 Å². The maximum absolute atomic E-state index is 14.5. The van der Waals surface area contributed by atoms with Gasteiger partial charge in [-0.1, -0.05) is 36.9 Å². The zero-order chi connectivity index (χ0) is 16.7. The molecule has 1 saturated heterocycles. The normalized spacial score (nSPS) is 22.1. The Morgan fingerprint density at radius 3 is 2.75 bits per heavy atom. The summed E-state index contributed by atoms with van der Waals surface area (Å²) in [7, 11) is 0. The van der Waals surface area contributed by atoms with Crippen molar-refractivity contribution >= 4 is 17.7 Å². The smallest absolute Gasteiger partial charge is 0.264 e. The Kier molecular flexibility index (Phi) is 4.14. The van der Waals surface area contributed by atoms with Crippen LogP contribution in [0.2, 0.25) is 0 Å². The van der Waals surface area contributed by atoms with Crippen molar-refractivity contribution in [2.45, 2.75) is 42.6 Å². The molecule has 1 fully saturated rings. The number of halogens is 1. The van der Waals surface area contributed by atoms with Crippen LogP contribution in [0.4, 0.5) is 4.39 Å². The summed E-state index contributed by atoms with van der Waals surface area (Å²) in [6.45, 7) is 3.74. The number of carbonyl (C=O) groups excluding carboxylic acids is 1. The van der Waals surface area contributed by atoms with E-state index < -0.39 is 5.25 Å². The molecule has 24 heavy (non-hydrogen) atoms. The Morgan fingerprint density at radius 2 is 2.08 bits per heavy atom. The van der Waals surface area contributed by atoms with Gasteiger partial charge in [0.2, 0.25) is 0 Å². The Balaban J connectivity index is 1.71. The number of carbonyl (C=O) groups is 1. The number of fused-ring (bicyclic) bond motifs is 1. The minimum Gasteiger partial charge on any atom is -0.295 e. The third-order valence-corrected chi connectivity index (χ3v) is 5.86. The van der Waals surface area contributed by atoms with E-state index in [1.807, 2.05) is 13.0 Å². The maximum atomic E-state index is 14.5. The highest BCUT2D eigenvalue weighted by molar-refractivity contribution is 8.00. The van der Waals surface area contributed by atoms with E-state index in [1.165, 1.54) is 22.5 Å². The van der Waals surface area contributed by atoms with Crippen molar-refractivity contribution < 1.29 is 9.18 Å². The lowest BCUT2D eigenvalue weighted by Crippen LogP contribution is -2.37. The molecule has 1 aromatic heterocycles. The van der Waals surface area contributed by atoms with Crippen LogP contribution in [0.1, 0.15) is 42.0 Å². The Hall–Kier alpha value is -1.73. The number of benzene rings is 1. The van der Waals surface area contributed by atoms with Crippen LogP contribution in [0.5, 0.6) is 0 Å². The average molecular weight is 346 g/mol. The van der Waals surface area contributed by atoms with E-state index in [0.717, 1.165) is 25.9 Å². The second-order valence-electron chi connectivity index (χ2n) is 6.16. The zero-order valence-corrected chi connectivity index (χ0v) is 14.3.